The van der Waals surface area contributed by atoms with Crippen molar-refractivity contribution in [3.63, 3.8) is 0 Å². The molecule has 38 heavy (non-hydrogen) atoms. The number of nitrogens with zero attached hydrogens (tertiary/aromatic N) is 3. The Morgan fingerprint density at radius 3 is 2.50 bits per heavy atom. The Bertz CT molecular complexity index is 1550. The minimum atomic E-state index is -0.733. The van der Waals surface area contributed by atoms with Crippen molar-refractivity contribution in [2.24, 2.45) is 0 Å². The lowest BCUT2D eigenvalue weighted by Gasteiger charge is -2.23. The van der Waals surface area contributed by atoms with Crippen LogP contribution in [0.4, 0.5) is 20.2 Å². The summed E-state index contributed by atoms with van der Waals surface area (Å²) in [4.78, 5) is 14.5. The summed E-state index contributed by atoms with van der Waals surface area (Å²) < 4.78 is 37.1. The number of amides is 1. The van der Waals surface area contributed by atoms with Crippen molar-refractivity contribution in [3.8, 4) is 16.9 Å². The summed E-state index contributed by atoms with van der Waals surface area (Å²) in [5.41, 5.74) is 4.54. The van der Waals surface area contributed by atoms with Crippen LogP contribution in [-0.2, 0) is 16.0 Å². The molecule has 1 atom stereocenters. The predicted molar refractivity (Wildman–Crippen MR) is 144 cm³/mol. The van der Waals surface area contributed by atoms with Crippen molar-refractivity contribution < 1.29 is 18.3 Å². The molecule has 2 N–H and O–H groups in total. The largest absolute Gasteiger partial charge is 0.344 e. The van der Waals surface area contributed by atoms with Crippen molar-refractivity contribution in [1.29, 1.82) is 0 Å². The summed E-state index contributed by atoms with van der Waals surface area (Å²) in [6, 6.07) is 16.8. The van der Waals surface area contributed by atoms with Crippen LogP contribution in [0.5, 0.6) is 0 Å². The van der Waals surface area contributed by atoms with Gasteiger partial charge in [0.15, 0.2) is 6.23 Å². The highest BCUT2D eigenvalue weighted by Crippen LogP contribution is 2.37. The summed E-state index contributed by atoms with van der Waals surface area (Å²) in [6.45, 7) is 3.95. The third-order valence-corrected chi connectivity index (χ3v) is 7.09. The van der Waals surface area contributed by atoms with E-state index in [4.69, 9.17) is 9.84 Å². The fourth-order valence-corrected chi connectivity index (χ4v) is 4.96. The summed E-state index contributed by atoms with van der Waals surface area (Å²) in [5, 5.41) is 10.8. The molecule has 3 heterocycles. The lowest BCUT2D eigenvalue weighted by molar-refractivity contribution is -0.128. The van der Waals surface area contributed by atoms with Crippen molar-refractivity contribution in [2.75, 3.05) is 23.8 Å². The van der Waals surface area contributed by atoms with Gasteiger partial charge in [-0.2, -0.15) is 5.10 Å². The fraction of sp³-hybridized carbons (Fsp3) is 0.143. The number of aromatic nitrogens is 2. The molecule has 2 aliphatic rings. The third-order valence-electron chi connectivity index (χ3n) is 6.57. The molecule has 0 saturated carbocycles. The number of halogens is 3. The zero-order valence-corrected chi connectivity index (χ0v) is 21.6. The van der Waals surface area contributed by atoms with Crippen LogP contribution in [0.1, 0.15) is 17.4 Å². The predicted octanol–water partition coefficient (Wildman–Crippen LogP) is 5.99. The van der Waals surface area contributed by atoms with E-state index < -0.39 is 6.23 Å². The maximum Gasteiger partial charge on any atom is 0.250 e. The second kappa shape index (κ2) is 9.70. The second-order valence-electron chi connectivity index (χ2n) is 9.08. The average Bonchev–Trinajstić information content (AvgIpc) is 3.59. The van der Waals surface area contributed by atoms with E-state index in [-0.39, 0.29) is 37.1 Å². The summed E-state index contributed by atoms with van der Waals surface area (Å²) in [7, 11) is 0. The SMILES string of the molecule is C=C1Nc2cc(F)c(CCN3C(=O)COC3c3cn(-c4ccc(Br)cc4)nc3-c3ccc(F)cc3)cc2N1. The highest BCUT2D eigenvalue weighted by molar-refractivity contribution is 9.10. The monoisotopic (exact) mass is 577 g/mol. The lowest BCUT2D eigenvalue weighted by atomic mass is 10.1. The summed E-state index contributed by atoms with van der Waals surface area (Å²) >= 11 is 3.44. The number of rotatable bonds is 6. The zero-order valence-electron chi connectivity index (χ0n) is 20.0. The Labute approximate surface area is 225 Å². The minimum absolute atomic E-state index is 0.102. The Kier molecular flexibility index (Phi) is 6.21. The first-order valence-electron chi connectivity index (χ1n) is 11.9. The van der Waals surface area contributed by atoms with E-state index in [0.29, 0.717) is 33.9 Å². The lowest BCUT2D eigenvalue weighted by Crippen LogP contribution is -2.31. The number of anilines is 2. The maximum atomic E-state index is 14.8. The topological polar surface area (TPSA) is 71.4 Å². The van der Waals surface area contributed by atoms with E-state index >= 15 is 0 Å². The van der Waals surface area contributed by atoms with Gasteiger partial charge in [-0.15, -0.1) is 0 Å². The van der Waals surface area contributed by atoms with Crippen LogP contribution in [0.2, 0.25) is 0 Å². The van der Waals surface area contributed by atoms with Crippen LogP contribution in [0.3, 0.4) is 0 Å². The highest BCUT2D eigenvalue weighted by atomic mass is 79.9. The van der Waals surface area contributed by atoms with Crippen LogP contribution >= 0.6 is 15.9 Å². The number of hydrogen-bond donors (Lipinski definition) is 2. The van der Waals surface area contributed by atoms with Gasteiger partial charge in [0.05, 0.1) is 17.1 Å². The standard InChI is InChI=1S/C28H22BrF2N5O2/c1-16-32-24-12-18(23(31)13-25(24)33-16)10-11-35-26(37)15-38-28(35)22-14-36(21-8-4-19(29)5-9-21)34-27(22)17-2-6-20(30)7-3-17/h2-9,12-14,28,32-33H,1,10-11,15H2. The number of benzene rings is 3. The normalized spacial score (nSPS) is 16.5. The smallest absolute Gasteiger partial charge is 0.250 e. The highest BCUT2D eigenvalue weighted by Gasteiger charge is 2.36. The summed E-state index contributed by atoms with van der Waals surface area (Å²) in [5.74, 6) is -0.352. The Hall–Kier alpha value is -4.02. The van der Waals surface area contributed by atoms with Gasteiger partial charge in [-0.1, -0.05) is 22.5 Å². The van der Waals surface area contributed by atoms with Gasteiger partial charge in [0.2, 0.25) is 0 Å². The molecule has 0 spiro atoms. The number of ether oxygens (including phenoxy) is 1. The summed E-state index contributed by atoms with van der Waals surface area (Å²) in [6.07, 6.45) is 1.37. The van der Waals surface area contributed by atoms with Gasteiger partial charge in [-0.05, 0) is 72.6 Å². The quantitative estimate of drug-likeness (QED) is 0.294. The van der Waals surface area contributed by atoms with E-state index in [1.54, 1.807) is 27.8 Å². The van der Waals surface area contributed by atoms with E-state index in [0.717, 1.165) is 15.8 Å². The van der Waals surface area contributed by atoms with Crippen molar-refractivity contribution in [1.82, 2.24) is 14.7 Å². The van der Waals surface area contributed by atoms with Crippen molar-refractivity contribution in [3.05, 3.63) is 106 Å². The first-order chi connectivity index (χ1) is 18.4. The van der Waals surface area contributed by atoms with Gasteiger partial charge < -0.3 is 20.3 Å². The molecule has 0 aliphatic carbocycles. The van der Waals surface area contributed by atoms with Crippen molar-refractivity contribution >= 4 is 33.2 Å². The molecule has 1 fully saturated rings. The third kappa shape index (κ3) is 4.57. The van der Waals surface area contributed by atoms with Gasteiger partial charge in [-0.25, -0.2) is 13.5 Å². The zero-order chi connectivity index (χ0) is 26.4. The number of carbonyl (C=O) groups is 1. The van der Waals surface area contributed by atoms with Gasteiger partial charge in [-0.3, -0.25) is 4.79 Å². The molecular formula is C28H22BrF2N5O2. The van der Waals surface area contributed by atoms with E-state index in [1.807, 2.05) is 30.5 Å². The first kappa shape index (κ1) is 24.3. The van der Waals surface area contributed by atoms with Gasteiger partial charge in [0, 0.05) is 28.3 Å². The van der Waals surface area contributed by atoms with Crippen LogP contribution in [0.15, 0.2) is 83.7 Å². The molecule has 6 rings (SSSR count). The second-order valence-corrected chi connectivity index (χ2v) is 9.99. The van der Waals surface area contributed by atoms with Gasteiger partial charge >= 0.3 is 0 Å². The van der Waals surface area contributed by atoms with E-state index in [1.165, 1.54) is 18.2 Å². The molecule has 1 aromatic heterocycles. The molecule has 0 bridgehead atoms. The molecule has 1 unspecified atom stereocenters. The number of nitrogens with one attached hydrogen (secondary N) is 2. The maximum absolute atomic E-state index is 14.8. The average molecular weight is 578 g/mol. The Balaban J connectivity index is 1.33. The number of hydrogen-bond acceptors (Lipinski definition) is 5. The molecule has 1 saturated heterocycles. The number of carbonyl (C=O) groups excluding carboxylic acids is 1. The molecule has 3 aromatic carbocycles. The molecule has 2 aliphatic heterocycles. The molecule has 10 heteroatoms. The number of fused-ring (bicyclic) bond motifs is 1. The molecule has 0 radical (unpaired) electrons. The van der Waals surface area contributed by atoms with Gasteiger partial charge in [0.25, 0.3) is 5.91 Å². The fourth-order valence-electron chi connectivity index (χ4n) is 4.69. The van der Waals surface area contributed by atoms with Crippen molar-refractivity contribution in [2.45, 2.75) is 12.6 Å². The molecular weight excluding hydrogens is 556 g/mol. The first-order valence-corrected chi connectivity index (χ1v) is 12.7. The van der Waals surface area contributed by atoms with E-state index in [2.05, 4.69) is 33.1 Å². The minimum Gasteiger partial charge on any atom is -0.344 e. The molecule has 192 valence electrons. The van der Waals surface area contributed by atoms with E-state index in [9.17, 15) is 13.6 Å². The molecule has 1 amide bonds. The van der Waals surface area contributed by atoms with Crippen LogP contribution < -0.4 is 10.6 Å². The molecule has 7 nitrogen and oxygen atoms in total. The van der Waals surface area contributed by atoms with Crippen LogP contribution in [0, 0.1) is 11.6 Å². The van der Waals surface area contributed by atoms with Crippen LogP contribution in [0.25, 0.3) is 16.9 Å². The Morgan fingerprint density at radius 1 is 1.05 bits per heavy atom. The molecule has 4 aromatic rings. The van der Waals surface area contributed by atoms with Gasteiger partial charge in [0.1, 0.15) is 29.8 Å². The van der Waals surface area contributed by atoms with Crippen LogP contribution in [-0.4, -0.2) is 33.7 Å². The Morgan fingerprint density at radius 2 is 1.76 bits per heavy atom.